The molecule has 1 fully saturated rings. The number of nitrogens with zero attached hydrogens (tertiary/aromatic N) is 2. The number of amides is 3. The van der Waals surface area contributed by atoms with Crippen LogP contribution in [-0.2, 0) is 14.8 Å². The van der Waals surface area contributed by atoms with Gasteiger partial charge in [-0.2, -0.15) is 8.42 Å². The maximum Gasteiger partial charge on any atom is 0.281 e. The van der Waals surface area contributed by atoms with Crippen LogP contribution >= 0.6 is 11.6 Å². The predicted octanol–water partition coefficient (Wildman–Crippen LogP) is 4.96. The molecular formula is C32H37ClN4O5S. The minimum Gasteiger partial charge on any atom is -0.340 e. The highest BCUT2D eigenvalue weighted by atomic mass is 35.5. The lowest BCUT2D eigenvalue weighted by Gasteiger charge is -2.45. The van der Waals surface area contributed by atoms with Crippen molar-refractivity contribution in [3.63, 3.8) is 0 Å². The molecule has 2 heterocycles. The van der Waals surface area contributed by atoms with Crippen molar-refractivity contribution in [2.75, 3.05) is 13.1 Å². The molecule has 2 aromatic carbocycles. The predicted molar refractivity (Wildman–Crippen MR) is 165 cm³/mol. The number of benzene rings is 2. The Morgan fingerprint density at radius 2 is 1.65 bits per heavy atom. The van der Waals surface area contributed by atoms with Gasteiger partial charge in [0.15, 0.2) is 5.03 Å². The van der Waals surface area contributed by atoms with Gasteiger partial charge < -0.3 is 10.2 Å². The summed E-state index contributed by atoms with van der Waals surface area (Å²) in [6.45, 7) is 10.8. The number of nitrogens with one attached hydrogen (secondary N) is 2. The first-order valence-electron chi connectivity index (χ1n) is 14.1. The fourth-order valence-corrected chi connectivity index (χ4v) is 6.47. The van der Waals surface area contributed by atoms with E-state index >= 15 is 0 Å². The van der Waals surface area contributed by atoms with Crippen LogP contribution in [0.25, 0.3) is 0 Å². The second kappa shape index (κ2) is 12.9. The molecular weight excluding hydrogens is 588 g/mol. The summed E-state index contributed by atoms with van der Waals surface area (Å²) in [6.07, 6.45) is 2.16. The minimum atomic E-state index is -4.21. The summed E-state index contributed by atoms with van der Waals surface area (Å²) in [6, 6.07) is 15.6. The number of piperidine rings is 1. The third-order valence-electron chi connectivity index (χ3n) is 7.81. The number of aromatic nitrogens is 1. The van der Waals surface area contributed by atoms with Gasteiger partial charge in [0.1, 0.15) is 6.04 Å². The fourth-order valence-electron chi connectivity index (χ4n) is 5.44. The number of aryl methyl sites for hydroxylation is 1. The van der Waals surface area contributed by atoms with Gasteiger partial charge in [-0.25, -0.2) is 9.71 Å². The number of halogens is 1. The molecule has 0 radical (unpaired) electrons. The Hall–Kier alpha value is -3.76. The number of likely N-dealkylation sites (tertiary alicyclic amines) is 1. The Morgan fingerprint density at radius 3 is 2.23 bits per heavy atom. The van der Waals surface area contributed by atoms with E-state index in [1.165, 1.54) is 42.1 Å². The summed E-state index contributed by atoms with van der Waals surface area (Å²) in [5.74, 6) is -1.57. The molecule has 2 N–H and O–H groups in total. The van der Waals surface area contributed by atoms with Crippen molar-refractivity contribution in [2.45, 2.75) is 58.0 Å². The van der Waals surface area contributed by atoms with E-state index in [9.17, 15) is 22.8 Å². The molecule has 43 heavy (non-hydrogen) atoms. The van der Waals surface area contributed by atoms with Gasteiger partial charge in [0, 0.05) is 35.4 Å². The van der Waals surface area contributed by atoms with Crippen LogP contribution in [0.15, 0.2) is 71.9 Å². The van der Waals surface area contributed by atoms with Crippen LogP contribution in [-0.4, -0.2) is 55.2 Å². The van der Waals surface area contributed by atoms with Crippen LogP contribution in [0.3, 0.4) is 0 Å². The lowest BCUT2D eigenvalue weighted by Crippen LogP contribution is -2.55. The van der Waals surface area contributed by atoms with Crippen molar-refractivity contribution < 1.29 is 22.8 Å². The van der Waals surface area contributed by atoms with E-state index in [0.29, 0.717) is 18.1 Å². The van der Waals surface area contributed by atoms with Crippen molar-refractivity contribution in [3.05, 3.63) is 94.1 Å². The van der Waals surface area contributed by atoms with Crippen molar-refractivity contribution in [1.29, 1.82) is 0 Å². The van der Waals surface area contributed by atoms with E-state index in [1.54, 1.807) is 13.0 Å². The molecule has 11 heteroatoms. The zero-order chi connectivity index (χ0) is 31.5. The average Bonchev–Trinajstić information content (AvgIpc) is 2.95. The summed E-state index contributed by atoms with van der Waals surface area (Å²) in [5.41, 5.74) is 1.85. The highest BCUT2D eigenvalue weighted by Crippen LogP contribution is 2.42. The zero-order valence-corrected chi connectivity index (χ0v) is 26.5. The Balaban J connectivity index is 1.45. The first kappa shape index (κ1) is 32.2. The first-order chi connectivity index (χ1) is 20.2. The van der Waals surface area contributed by atoms with Gasteiger partial charge in [0.05, 0.1) is 0 Å². The number of sulfonamides is 1. The minimum absolute atomic E-state index is 0.0261. The highest BCUT2D eigenvalue weighted by molar-refractivity contribution is 7.90. The molecule has 0 bridgehead atoms. The van der Waals surface area contributed by atoms with E-state index in [1.807, 2.05) is 47.7 Å². The van der Waals surface area contributed by atoms with Gasteiger partial charge in [0.25, 0.3) is 21.8 Å². The first-order valence-corrected chi connectivity index (χ1v) is 16.0. The molecule has 4 rings (SSSR count). The van der Waals surface area contributed by atoms with Crippen LogP contribution < -0.4 is 10.0 Å². The normalized spacial score (nSPS) is 17.3. The summed E-state index contributed by atoms with van der Waals surface area (Å²) < 4.78 is 27.3. The summed E-state index contributed by atoms with van der Waals surface area (Å²) in [7, 11) is -4.21. The van der Waals surface area contributed by atoms with Gasteiger partial charge in [-0.15, -0.1) is 0 Å². The number of carbonyl (C=O) groups excluding carboxylic acids is 3. The molecule has 0 saturated carbocycles. The Morgan fingerprint density at radius 1 is 1.00 bits per heavy atom. The Labute approximate surface area is 258 Å². The van der Waals surface area contributed by atoms with E-state index in [-0.39, 0.29) is 39.3 Å². The Bertz CT molecular complexity index is 1610. The van der Waals surface area contributed by atoms with Crippen molar-refractivity contribution in [1.82, 2.24) is 19.9 Å². The molecule has 1 aliphatic heterocycles. The third-order valence-corrected chi connectivity index (χ3v) is 9.30. The van der Waals surface area contributed by atoms with Crippen LogP contribution in [0.2, 0.25) is 5.02 Å². The lowest BCUT2D eigenvalue weighted by molar-refractivity contribution is -0.137. The number of hydrogen-bond acceptors (Lipinski definition) is 6. The molecule has 3 aromatic rings. The number of hydrogen-bond donors (Lipinski definition) is 2. The average molecular weight is 625 g/mol. The zero-order valence-electron chi connectivity index (χ0n) is 24.9. The Kier molecular flexibility index (Phi) is 9.61. The molecule has 0 spiro atoms. The monoisotopic (exact) mass is 624 g/mol. The number of pyridine rings is 1. The van der Waals surface area contributed by atoms with Crippen molar-refractivity contribution in [3.8, 4) is 0 Å². The molecule has 3 amide bonds. The molecule has 9 nitrogen and oxygen atoms in total. The third kappa shape index (κ3) is 7.61. The van der Waals surface area contributed by atoms with Gasteiger partial charge in [-0.3, -0.25) is 14.4 Å². The van der Waals surface area contributed by atoms with Crippen molar-refractivity contribution >= 4 is 39.3 Å². The molecule has 0 unspecified atom stereocenters. The smallest absolute Gasteiger partial charge is 0.281 e. The summed E-state index contributed by atoms with van der Waals surface area (Å²) >= 11 is 6.08. The second-order valence-electron chi connectivity index (χ2n) is 12.0. The molecule has 1 aliphatic rings. The SMILES string of the molecule is Cc1ccc(S(=O)(=O)NC(=O)c2cccc(C(=O)N[C@@H](C(=O)N3CC[C@H](c4ccc(Cl)cc4)C(C)(C)C3)C(C)C)c2)nc1. The fraction of sp³-hybridized carbons (Fsp3) is 0.375. The maximum absolute atomic E-state index is 13.7. The quantitative estimate of drug-likeness (QED) is 0.365. The van der Waals surface area contributed by atoms with Crippen LogP contribution in [0, 0.1) is 18.3 Å². The second-order valence-corrected chi connectivity index (χ2v) is 14.1. The molecule has 1 saturated heterocycles. The van der Waals surface area contributed by atoms with E-state index in [2.05, 4.69) is 24.1 Å². The summed E-state index contributed by atoms with van der Waals surface area (Å²) in [4.78, 5) is 45.5. The number of carbonyl (C=O) groups is 3. The lowest BCUT2D eigenvalue weighted by atomic mass is 9.70. The van der Waals surface area contributed by atoms with Gasteiger partial charge in [-0.05, 0) is 78.1 Å². The molecule has 0 aliphatic carbocycles. The largest absolute Gasteiger partial charge is 0.340 e. The van der Waals surface area contributed by atoms with E-state index in [4.69, 9.17) is 11.6 Å². The van der Waals surface area contributed by atoms with E-state index in [0.717, 1.165) is 12.0 Å². The topological polar surface area (TPSA) is 126 Å². The van der Waals surface area contributed by atoms with Gasteiger partial charge in [0.2, 0.25) is 5.91 Å². The molecule has 1 aromatic heterocycles. The summed E-state index contributed by atoms with van der Waals surface area (Å²) in [5, 5.41) is 3.24. The number of rotatable bonds is 8. The standard InChI is InChI=1S/C32H37ClN4O5S/c1-20(2)28(31(40)37-16-15-26(32(4,5)19-37)22-10-12-25(33)13-11-22)35-29(38)23-7-6-8-24(17-23)30(39)36-43(41,42)27-14-9-21(3)18-34-27/h6-14,17-18,20,26,28H,15-16,19H2,1-5H3,(H,35,38)(H,36,39)/t26-,28-/m1/s1. The van der Waals surface area contributed by atoms with Gasteiger partial charge >= 0.3 is 0 Å². The maximum atomic E-state index is 13.7. The van der Waals surface area contributed by atoms with Gasteiger partial charge in [-0.1, -0.05) is 63.6 Å². The van der Waals surface area contributed by atoms with E-state index < -0.39 is 27.9 Å². The molecule has 2 atom stereocenters. The van der Waals surface area contributed by atoms with Crippen molar-refractivity contribution in [2.24, 2.45) is 11.3 Å². The molecule has 228 valence electrons. The highest BCUT2D eigenvalue weighted by Gasteiger charge is 2.40. The van der Waals surface area contributed by atoms with Crippen LogP contribution in [0.5, 0.6) is 0 Å². The van der Waals surface area contributed by atoms with Crippen LogP contribution in [0.1, 0.15) is 71.9 Å². The van der Waals surface area contributed by atoms with Crippen LogP contribution in [0.4, 0.5) is 0 Å².